The van der Waals surface area contributed by atoms with E-state index in [9.17, 15) is 13.2 Å². The van der Waals surface area contributed by atoms with Crippen molar-refractivity contribution in [1.29, 1.82) is 0 Å². The zero-order chi connectivity index (χ0) is 18.9. The summed E-state index contributed by atoms with van der Waals surface area (Å²) in [4.78, 5) is 26.0. The molecule has 1 saturated heterocycles. The van der Waals surface area contributed by atoms with Crippen LogP contribution in [0.15, 0.2) is 17.4 Å². The highest BCUT2D eigenvalue weighted by Crippen LogP contribution is 2.23. The van der Waals surface area contributed by atoms with Gasteiger partial charge < -0.3 is 9.88 Å². The molecule has 0 radical (unpaired) electrons. The van der Waals surface area contributed by atoms with Crippen LogP contribution in [0.25, 0.3) is 11.2 Å². The Kier molecular flexibility index (Phi) is 5.78. The summed E-state index contributed by atoms with van der Waals surface area (Å²) in [6.45, 7) is 4.59. The molecule has 0 spiro atoms. The van der Waals surface area contributed by atoms with Crippen LogP contribution in [-0.4, -0.2) is 64.0 Å². The number of nitrogens with zero attached hydrogens (tertiary/aromatic N) is 3. The van der Waals surface area contributed by atoms with Gasteiger partial charge in [0.2, 0.25) is 5.91 Å². The van der Waals surface area contributed by atoms with Crippen molar-refractivity contribution in [1.82, 2.24) is 19.9 Å². The predicted octanol–water partition coefficient (Wildman–Crippen LogP) is 2.38. The molecule has 3 heterocycles. The average molecular weight is 417 g/mol. The number of rotatable bonds is 6. The maximum atomic E-state index is 12.8. The fraction of sp³-hybridized carbons (Fsp3) is 0.562. The number of H-pyrrole nitrogens is 1. The quantitative estimate of drug-likeness (QED) is 0.726. The lowest BCUT2D eigenvalue weighted by atomic mass is 10.1. The van der Waals surface area contributed by atoms with E-state index < -0.39 is 9.84 Å². The Morgan fingerprint density at radius 2 is 2.27 bits per heavy atom. The first-order chi connectivity index (χ1) is 12.2. The van der Waals surface area contributed by atoms with Crippen LogP contribution in [0, 0.1) is 5.92 Å². The molecule has 1 N–H and O–H groups in total. The first kappa shape index (κ1) is 19.4. The number of hydrogen-bond donors (Lipinski definition) is 1. The number of carbonyl (C=O) groups is 1. The third-order valence-electron chi connectivity index (χ3n) is 4.15. The number of hydrogen-bond acceptors (Lipinski definition) is 6. The van der Waals surface area contributed by atoms with Crippen molar-refractivity contribution in [2.75, 3.05) is 23.8 Å². The van der Waals surface area contributed by atoms with E-state index in [1.54, 1.807) is 11.0 Å². The van der Waals surface area contributed by atoms with Gasteiger partial charge in [0.15, 0.2) is 20.6 Å². The van der Waals surface area contributed by atoms with E-state index in [4.69, 9.17) is 11.6 Å². The van der Waals surface area contributed by atoms with Crippen molar-refractivity contribution in [3.05, 3.63) is 17.3 Å². The van der Waals surface area contributed by atoms with Gasteiger partial charge in [-0.3, -0.25) is 4.79 Å². The molecular weight excluding hydrogens is 396 g/mol. The molecule has 0 bridgehead atoms. The SMILES string of the molecule is CC(C)CN(C(=O)CSc1nc2ncc(Cl)cc2[nH]1)[C@H]1CCS(=O)(=O)C1. The van der Waals surface area contributed by atoms with Gasteiger partial charge >= 0.3 is 0 Å². The van der Waals surface area contributed by atoms with Gasteiger partial charge in [0, 0.05) is 18.8 Å². The molecule has 0 saturated carbocycles. The van der Waals surface area contributed by atoms with Crippen LogP contribution in [0.4, 0.5) is 0 Å². The predicted molar refractivity (Wildman–Crippen MR) is 103 cm³/mol. The summed E-state index contributed by atoms with van der Waals surface area (Å²) in [6, 6.07) is 1.50. The second-order valence-corrected chi connectivity index (χ2v) is 10.5. The second-order valence-electron chi connectivity index (χ2n) is 6.85. The average Bonchev–Trinajstić information content (AvgIpc) is 3.12. The fourth-order valence-corrected chi connectivity index (χ4v) is 5.65. The minimum absolute atomic E-state index is 0.0587. The van der Waals surface area contributed by atoms with E-state index in [0.717, 1.165) is 0 Å². The molecule has 2 aromatic heterocycles. The number of carbonyl (C=O) groups excluding carboxylic acids is 1. The van der Waals surface area contributed by atoms with Crippen LogP contribution in [0.5, 0.6) is 0 Å². The number of sulfone groups is 1. The Balaban J connectivity index is 1.68. The zero-order valence-corrected chi connectivity index (χ0v) is 17.0. The van der Waals surface area contributed by atoms with Crippen molar-refractivity contribution in [2.24, 2.45) is 5.92 Å². The number of amides is 1. The normalized spacial score (nSPS) is 19.3. The molecule has 0 aliphatic carbocycles. The van der Waals surface area contributed by atoms with Crippen LogP contribution < -0.4 is 0 Å². The van der Waals surface area contributed by atoms with Crippen molar-refractivity contribution < 1.29 is 13.2 Å². The summed E-state index contributed by atoms with van der Waals surface area (Å²) in [5, 5.41) is 1.10. The standard InChI is InChI=1S/C16H21ClN4O3S2/c1-10(2)7-21(12-3-4-26(23,24)9-12)14(22)8-25-16-19-13-5-11(17)6-18-15(13)20-16/h5-6,10,12H,3-4,7-9H2,1-2H3,(H,18,19,20)/t12-/m0/s1. The van der Waals surface area contributed by atoms with E-state index in [0.29, 0.717) is 34.3 Å². The highest BCUT2D eigenvalue weighted by atomic mass is 35.5. The minimum Gasteiger partial charge on any atom is -0.338 e. The van der Waals surface area contributed by atoms with Crippen LogP contribution in [0.3, 0.4) is 0 Å². The molecule has 1 fully saturated rings. The summed E-state index contributed by atoms with van der Waals surface area (Å²) in [7, 11) is -3.04. The van der Waals surface area contributed by atoms with Gasteiger partial charge in [-0.15, -0.1) is 0 Å². The molecular formula is C16H21ClN4O3S2. The van der Waals surface area contributed by atoms with E-state index in [1.807, 2.05) is 13.8 Å². The summed E-state index contributed by atoms with van der Waals surface area (Å²) < 4.78 is 23.6. The molecule has 1 aliphatic rings. The van der Waals surface area contributed by atoms with E-state index >= 15 is 0 Å². The Hall–Kier alpha value is -1.32. The highest BCUT2D eigenvalue weighted by molar-refractivity contribution is 7.99. The largest absolute Gasteiger partial charge is 0.338 e. The molecule has 1 amide bonds. The molecule has 1 atom stereocenters. The third-order valence-corrected chi connectivity index (χ3v) is 6.96. The molecule has 0 unspecified atom stereocenters. The summed E-state index contributed by atoms with van der Waals surface area (Å²) >= 11 is 7.20. The Bertz CT molecular complexity index is 913. The topological polar surface area (TPSA) is 96.0 Å². The molecule has 7 nitrogen and oxygen atoms in total. The highest BCUT2D eigenvalue weighted by Gasteiger charge is 2.34. The lowest BCUT2D eigenvalue weighted by Crippen LogP contribution is -2.44. The van der Waals surface area contributed by atoms with Gasteiger partial charge in [-0.25, -0.2) is 18.4 Å². The number of halogens is 1. The monoisotopic (exact) mass is 416 g/mol. The molecule has 142 valence electrons. The van der Waals surface area contributed by atoms with E-state index in [2.05, 4.69) is 15.0 Å². The van der Waals surface area contributed by atoms with Gasteiger partial charge in [-0.1, -0.05) is 37.2 Å². The van der Waals surface area contributed by atoms with E-state index in [1.165, 1.54) is 18.0 Å². The fourth-order valence-electron chi connectivity index (χ4n) is 3.00. The first-order valence-corrected chi connectivity index (χ1v) is 11.6. The van der Waals surface area contributed by atoms with Gasteiger partial charge in [0.05, 0.1) is 27.8 Å². The molecule has 1 aliphatic heterocycles. The van der Waals surface area contributed by atoms with E-state index in [-0.39, 0.29) is 35.1 Å². The van der Waals surface area contributed by atoms with Gasteiger partial charge in [-0.05, 0) is 18.4 Å². The summed E-state index contributed by atoms with van der Waals surface area (Å²) in [5.74, 6) is 0.602. The maximum Gasteiger partial charge on any atom is 0.233 e. The van der Waals surface area contributed by atoms with Gasteiger partial charge in [-0.2, -0.15) is 0 Å². The molecule has 2 aromatic rings. The van der Waals surface area contributed by atoms with Gasteiger partial charge in [0.25, 0.3) is 0 Å². The number of pyridine rings is 1. The van der Waals surface area contributed by atoms with Crippen LogP contribution >= 0.6 is 23.4 Å². The number of aromatic nitrogens is 3. The van der Waals surface area contributed by atoms with Crippen LogP contribution in [-0.2, 0) is 14.6 Å². The van der Waals surface area contributed by atoms with Crippen molar-refractivity contribution in [3.63, 3.8) is 0 Å². The summed E-state index contributed by atoms with van der Waals surface area (Å²) in [6.07, 6.45) is 2.04. The van der Waals surface area contributed by atoms with Crippen LogP contribution in [0.2, 0.25) is 5.02 Å². The van der Waals surface area contributed by atoms with Crippen molar-refractivity contribution in [3.8, 4) is 0 Å². The molecule has 3 rings (SSSR count). The number of imidazole rings is 1. The molecule has 26 heavy (non-hydrogen) atoms. The van der Waals surface area contributed by atoms with Crippen LogP contribution in [0.1, 0.15) is 20.3 Å². The lowest BCUT2D eigenvalue weighted by Gasteiger charge is -2.29. The first-order valence-electron chi connectivity index (χ1n) is 8.37. The number of nitrogens with one attached hydrogen (secondary N) is 1. The second kappa shape index (κ2) is 7.74. The minimum atomic E-state index is -3.04. The smallest absolute Gasteiger partial charge is 0.233 e. The summed E-state index contributed by atoms with van der Waals surface area (Å²) in [5.41, 5.74) is 1.26. The molecule has 10 heteroatoms. The number of fused-ring (bicyclic) bond motifs is 1. The Labute approximate surface area is 161 Å². The molecule has 0 aromatic carbocycles. The lowest BCUT2D eigenvalue weighted by molar-refractivity contribution is -0.130. The number of aromatic amines is 1. The number of thioether (sulfide) groups is 1. The Morgan fingerprint density at radius 1 is 1.50 bits per heavy atom. The zero-order valence-electron chi connectivity index (χ0n) is 14.6. The maximum absolute atomic E-state index is 12.8. The third kappa shape index (κ3) is 4.69. The van der Waals surface area contributed by atoms with Crippen molar-refractivity contribution >= 4 is 50.3 Å². The Morgan fingerprint density at radius 3 is 2.92 bits per heavy atom. The van der Waals surface area contributed by atoms with Gasteiger partial charge in [0.1, 0.15) is 0 Å². The van der Waals surface area contributed by atoms with Crippen molar-refractivity contribution in [2.45, 2.75) is 31.5 Å².